The first-order chi connectivity index (χ1) is 11.2. The van der Waals surface area contributed by atoms with Gasteiger partial charge < -0.3 is 19.0 Å². The van der Waals surface area contributed by atoms with E-state index in [0.717, 1.165) is 0 Å². The van der Waals surface area contributed by atoms with Gasteiger partial charge in [0.15, 0.2) is 23.1 Å². The number of halogens is 1. The zero-order chi connectivity index (χ0) is 16.7. The molecule has 0 saturated carbocycles. The standard InChI is InChI=1S/C17H18FNO4/c1-20-15-8-7-12(9-14(15)18)11-23-19-10-13-5-4-6-16(21-2)17(13)22-3/h4-10H,11H2,1-3H3. The molecule has 122 valence electrons. The predicted octanol–water partition coefficient (Wildman–Crippen LogP) is 3.40. The van der Waals surface area contributed by atoms with Gasteiger partial charge in [-0.25, -0.2) is 4.39 Å². The van der Waals surface area contributed by atoms with Crippen molar-refractivity contribution in [1.82, 2.24) is 0 Å². The summed E-state index contributed by atoms with van der Waals surface area (Å²) in [5, 5.41) is 3.88. The number of methoxy groups -OCH3 is 3. The summed E-state index contributed by atoms with van der Waals surface area (Å²) in [6.45, 7) is 0.143. The number of para-hydroxylation sites is 1. The van der Waals surface area contributed by atoms with E-state index in [1.165, 1.54) is 19.4 Å². The summed E-state index contributed by atoms with van der Waals surface area (Å²) in [7, 11) is 4.53. The minimum Gasteiger partial charge on any atom is -0.494 e. The summed E-state index contributed by atoms with van der Waals surface area (Å²) in [6, 6.07) is 10.0. The third kappa shape index (κ3) is 4.12. The second-order valence-electron chi connectivity index (χ2n) is 4.56. The first-order valence-electron chi connectivity index (χ1n) is 6.88. The van der Waals surface area contributed by atoms with E-state index in [2.05, 4.69) is 5.16 Å². The average Bonchev–Trinajstić information content (AvgIpc) is 2.58. The van der Waals surface area contributed by atoms with E-state index in [4.69, 9.17) is 19.0 Å². The molecule has 23 heavy (non-hydrogen) atoms. The fourth-order valence-corrected chi connectivity index (χ4v) is 2.02. The van der Waals surface area contributed by atoms with Gasteiger partial charge in [-0.05, 0) is 29.8 Å². The van der Waals surface area contributed by atoms with Gasteiger partial charge in [-0.1, -0.05) is 17.3 Å². The highest BCUT2D eigenvalue weighted by Gasteiger charge is 2.07. The van der Waals surface area contributed by atoms with Crippen LogP contribution in [0.1, 0.15) is 11.1 Å². The summed E-state index contributed by atoms with van der Waals surface area (Å²) in [6.07, 6.45) is 1.52. The van der Waals surface area contributed by atoms with Crippen molar-refractivity contribution in [2.24, 2.45) is 5.16 Å². The van der Waals surface area contributed by atoms with Crippen LogP contribution in [0.15, 0.2) is 41.6 Å². The molecule has 0 aromatic heterocycles. The van der Waals surface area contributed by atoms with E-state index in [9.17, 15) is 4.39 Å². The van der Waals surface area contributed by atoms with Crippen LogP contribution in [0.4, 0.5) is 4.39 Å². The van der Waals surface area contributed by atoms with E-state index in [-0.39, 0.29) is 12.4 Å². The lowest BCUT2D eigenvalue weighted by molar-refractivity contribution is 0.132. The Balaban J connectivity index is 2.01. The Morgan fingerprint density at radius 1 is 1.00 bits per heavy atom. The highest BCUT2D eigenvalue weighted by atomic mass is 19.1. The topological polar surface area (TPSA) is 49.3 Å². The first-order valence-corrected chi connectivity index (χ1v) is 6.88. The van der Waals surface area contributed by atoms with E-state index >= 15 is 0 Å². The van der Waals surface area contributed by atoms with Crippen LogP contribution in [-0.4, -0.2) is 27.5 Å². The van der Waals surface area contributed by atoms with E-state index in [1.807, 2.05) is 12.1 Å². The Bertz CT molecular complexity index is 688. The van der Waals surface area contributed by atoms with Crippen LogP contribution < -0.4 is 14.2 Å². The summed E-state index contributed by atoms with van der Waals surface area (Å²) < 4.78 is 28.9. The molecule has 2 aromatic carbocycles. The number of benzene rings is 2. The SMILES string of the molecule is COc1ccc(CON=Cc2cccc(OC)c2OC)cc1F. The lowest BCUT2D eigenvalue weighted by Crippen LogP contribution is -1.96. The molecule has 0 amide bonds. The molecule has 0 aliphatic heterocycles. The van der Waals surface area contributed by atoms with Gasteiger partial charge in [0.05, 0.1) is 27.5 Å². The Kier molecular flexibility index (Phi) is 5.80. The molecule has 0 N–H and O–H groups in total. The Morgan fingerprint density at radius 2 is 1.78 bits per heavy atom. The maximum Gasteiger partial charge on any atom is 0.169 e. The van der Waals surface area contributed by atoms with Gasteiger partial charge in [-0.3, -0.25) is 0 Å². The third-order valence-electron chi connectivity index (χ3n) is 3.15. The number of ether oxygens (including phenoxy) is 3. The van der Waals surface area contributed by atoms with Gasteiger partial charge in [0.25, 0.3) is 0 Å². The van der Waals surface area contributed by atoms with Crippen molar-refractivity contribution in [3.63, 3.8) is 0 Å². The molecule has 2 rings (SSSR count). The summed E-state index contributed by atoms with van der Waals surface area (Å²) in [5.41, 5.74) is 1.37. The second-order valence-corrected chi connectivity index (χ2v) is 4.56. The van der Waals surface area contributed by atoms with Crippen molar-refractivity contribution in [2.45, 2.75) is 6.61 Å². The number of hydrogen-bond donors (Lipinski definition) is 0. The predicted molar refractivity (Wildman–Crippen MR) is 84.9 cm³/mol. The van der Waals surface area contributed by atoms with Crippen LogP contribution >= 0.6 is 0 Å². The largest absolute Gasteiger partial charge is 0.494 e. The monoisotopic (exact) mass is 319 g/mol. The van der Waals surface area contributed by atoms with Gasteiger partial charge in [0, 0.05) is 5.56 Å². The van der Waals surface area contributed by atoms with Crippen LogP contribution in [0.2, 0.25) is 0 Å². The lowest BCUT2D eigenvalue weighted by Gasteiger charge is -2.09. The van der Waals surface area contributed by atoms with E-state index in [0.29, 0.717) is 22.6 Å². The number of hydrogen-bond acceptors (Lipinski definition) is 5. The Labute approximate surface area is 134 Å². The zero-order valence-corrected chi connectivity index (χ0v) is 13.2. The maximum atomic E-state index is 13.6. The van der Waals surface area contributed by atoms with Crippen LogP contribution in [0, 0.1) is 5.82 Å². The molecule has 0 unspecified atom stereocenters. The maximum absolute atomic E-state index is 13.6. The number of oxime groups is 1. The molecule has 0 fully saturated rings. The molecule has 0 heterocycles. The van der Waals surface area contributed by atoms with Gasteiger partial charge in [-0.2, -0.15) is 0 Å². The Hall–Kier alpha value is -2.76. The summed E-state index contributed by atoms with van der Waals surface area (Å²) in [4.78, 5) is 5.19. The van der Waals surface area contributed by atoms with E-state index in [1.54, 1.807) is 32.4 Å². The van der Waals surface area contributed by atoms with Crippen LogP contribution in [0.3, 0.4) is 0 Å². The highest BCUT2D eigenvalue weighted by Crippen LogP contribution is 2.29. The third-order valence-corrected chi connectivity index (χ3v) is 3.15. The normalized spacial score (nSPS) is 10.6. The highest BCUT2D eigenvalue weighted by molar-refractivity contribution is 5.84. The molecule has 0 spiro atoms. The van der Waals surface area contributed by atoms with Crippen molar-refractivity contribution in [3.8, 4) is 17.2 Å². The molecule has 0 radical (unpaired) electrons. The van der Waals surface area contributed by atoms with Crippen LogP contribution in [-0.2, 0) is 11.4 Å². The first kappa shape index (κ1) is 16.6. The van der Waals surface area contributed by atoms with Gasteiger partial charge in [0.1, 0.15) is 6.61 Å². The quantitative estimate of drug-likeness (QED) is 0.580. The molecule has 0 saturated heterocycles. The number of nitrogens with zero attached hydrogens (tertiary/aromatic N) is 1. The molecular weight excluding hydrogens is 301 g/mol. The lowest BCUT2D eigenvalue weighted by atomic mass is 10.2. The zero-order valence-electron chi connectivity index (χ0n) is 13.2. The van der Waals surface area contributed by atoms with Crippen molar-refractivity contribution >= 4 is 6.21 Å². The summed E-state index contributed by atoms with van der Waals surface area (Å²) >= 11 is 0. The molecule has 2 aromatic rings. The molecule has 6 heteroatoms. The molecular formula is C17H18FNO4. The average molecular weight is 319 g/mol. The van der Waals surface area contributed by atoms with E-state index < -0.39 is 5.82 Å². The fourth-order valence-electron chi connectivity index (χ4n) is 2.02. The van der Waals surface area contributed by atoms with Crippen molar-refractivity contribution in [3.05, 3.63) is 53.3 Å². The van der Waals surface area contributed by atoms with Crippen LogP contribution in [0.5, 0.6) is 17.2 Å². The van der Waals surface area contributed by atoms with Crippen molar-refractivity contribution in [2.75, 3.05) is 21.3 Å². The smallest absolute Gasteiger partial charge is 0.169 e. The molecule has 0 atom stereocenters. The van der Waals surface area contributed by atoms with Gasteiger partial charge >= 0.3 is 0 Å². The molecule has 5 nitrogen and oxygen atoms in total. The Morgan fingerprint density at radius 3 is 2.43 bits per heavy atom. The van der Waals surface area contributed by atoms with Crippen LogP contribution in [0.25, 0.3) is 0 Å². The number of rotatable bonds is 7. The molecule has 0 aliphatic carbocycles. The molecule has 0 aliphatic rings. The minimum atomic E-state index is -0.438. The van der Waals surface area contributed by atoms with Crippen molar-refractivity contribution in [1.29, 1.82) is 0 Å². The minimum absolute atomic E-state index is 0.143. The second kappa shape index (κ2) is 8.03. The summed E-state index contributed by atoms with van der Waals surface area (Å²) in [5.74, 6) is 0.928. The van der Waals surface area contributed by atoms with Gasteiger partial charge in [0.2, 0.25) is 0 Å². The fraction of sp³-hybridized carbons (Fsp3) is 0.235. The van der Waals surface area contributed by atoms with Gasteiger partial charge in [-0.15, -0.1) is 0 Å². The van der Waals surface area contributed by atoms with Crippen molar-refractivity contribution < 1.29 is 23.4 Å². The molecule has 0 bridgehead atoms.